The molecule has 2 heterocycles. The van der Waals surface area contributed by atoms with E-state index in [2.05, 4.69) is 21.2 Å². The molecule has 0 aliphatic carbocycles. The van der Waals surface area contributed by atoms with Crippen LogP contribution in [-0.2, 0) is 0 Å². The zero-order chi connectivity index (χ0) is 16.2. The van der Waals surface area contributed by atoms with Gasteiger partial charge in [-0.25, -0.2) is 0 Å². The molecule has 120 valence electrons. The number of likely N-dealkylation sites (tertiary alicyclic amines) is 1. The standard InChI is InChI=1S/C17H17BrN2O2S/c18-15-8-7-14(23-15)16(21)19-13-6-4-5-12(11-13)17(22)20-9-2-1-3-10-20/h4-8,11H,1-3,9-10H2,(H,19,21). The van der Waals surface area contributed by atoms with Crippen LogP contribution in [0.5, 0.6) is 0 Å². The maximum absolute atomic E-state index is 12.5. The molecule has 3 rings (SSSR count). The lowest BCUT2D eigenvalue weighted by molar-refractivity contribution is 0.0724. The Balaban J connectivity index is 1.71. The van der Waals surface area contributed by atoms with E-state index in [1.807, 2.05) is 11.0 Å². The number of carbonyl (C=O) groups excluding carboxylic acids is 2. The second-order valence-corrected chi connectivity index (χ2v) is 7.95. The van der Waals surface area contributed by atoms with E-state index in [1.165, 1.54) is 17.8 Å². The van der Waals surface area contributed by atoms with Gasteiger partial charge in [0.05, 0.1) is 8.66 Å². The SMILES string of the molecule is O=C(Nc1cccc(C(=O)N2CCCCC2)c1)c1ccc(Br)s1. The van der Waals surface area contributed by atoms with Crippen LogP contribution in [0.25, 0.3) is 0 Å². The van der Waals surface area contributed by atoms with Crippen LogP contribution in [-0.4, -0.2) is 29.8 Å². The van der Waals surface area contributed by atoms with Crippen LogP contribution in [0.3, 0.4) is 0 Å². The van der Waals surface area contributed by atoms with E-state index in [-0.39, 0.29) is 11.8 Å². The molecule has 0 radical (unpaired) electrons. The lowest BCUT2D eigenvalue weighted by atomic mass is 10.1. The third-order valence-corrected chi connectivity index (χ3v) is 5.43. The first-order valence-electron chi connectivity index (χ1n) is 7.59. The van der Waals surface area contributed by atoms with Gasteiger partial charge >= 0.3 is 0 Å². The van der Waals surface area contributed by atoms with Crippen molar-refractivity contribution in [1.29, 1.82) is 0 Å². The molecular weight excluding hydrogens is 376 g/mol. The molecule has 0 saturated carbocycles. The number of halogens is 1. The third kappa shape index (κ3) is 4.00. The smallest absolute Gasteiger partial charge is 0.265 e. The number of thiophene rings is 1. The number of nitrogens with zero attached hydrogens (tertiary/aromatic N) is 1. The van der Waals surface area contributed by atoms with Crippen LogP contribution >= 0.6 is 27.3 Å². The molecule has 0 atom stereocenters. The Morgan fingerprint density at radius 1 is 1.09 bits per heavy atom. The fraction of sp³-hybridized carbons (Fsp3) is 0.294. The molecule has 1 aromatic heterocycles. The van der Waals surface area contributed by atoms with Crippen molar-refractivity contribution in [1.82, 2.24) is 4.90 Å². The van der Waals surface area contributed by atoms with Crippen LogP contribution in [0.15, 0.2) is 40.2 Å². The van der Waals surface area contributed by atoms with Gasteiger partial charge in [-0.2, -0.15) is 0 Å². The molecule has 6 heteroatoms. The van der Waals surface area contributed by atoms with Gasteiger partial charge in [-0.3, -0.25) is 9.59 Å². The van der Waals surface area contributed by atoms with E-state index >= 15 is 0 Å². The Kier molecular flexibility index (Phi) is 5.13. The van der Waals surface area contributed by atoms with Crippen LogP contribution in [0.1, 0.15) is 39.3 Å². The molecular formula is C17H17BrN2O2S. The number of anilines is 1. The monoisotopic (exact) mass is 392 g/mol. The summed E-state index contributed by atoms with van der Waals surface area (Å²) in [5, 5.41) is 2.85. The summed E-state index contributed by atoms with van der Waals surface area (Å²) in [5.41, 5.74) is 1.26. The maximum atomic E-state index is 12.5. The molecule has 1 fully saturated rings. The molecule has 1 aliphatic heterocycles. The van der Waals surface area contributed by atoms with Crippen molar-refractivity contribution >= 4 is 44.8 Å². The van der Waals surface area contributed by atoms with Gasteiger partial charge < -0.3 is 10.2 Å². The van der Waals surface area contributed by atoms with Crippen molar-refractivity contribution < 1.29 is 9.59 Å². The van der Waals surface area contributed by atoms with E-state index < -0.39 is 0 Å². The maximum Gasteiger partial charge on any atom is 0.265 e. The summed E-state index contributed by atoms with van der Waals surface area (Å²) < 4.78 is 0.914. The summed E-state index contributed by atoms with van der Waals surface area (Å²) >= 11 is 4.73. The highest BCUT2D eigenvalue weighted by atomic mass is 79.9. The third-order valence-electron chi connectivity index (χ3n) is 3.81. The van der Waals surface area contributed by atoms with Crippen LogP contribution in [0.4, 0.5) is 5.69 Å². The van der Waals surface area contributed by atoms with E-state index in [0.717, 1.165) is 29.7 Å². The zero-order valence-corrected chi connectivity index (χ0v) is 15.0. The average Bonchev–Trinajstić information content (AvgIpc) is 3.02. The first kappa shape index (κ1) is 16.2. The molecule has 1 N–H and O–H groups in total. The minimum absolute atomic E-state index is 0.0414. The van der Waals surface area contributed by atoms with Gasteiger partial charge in [0.15, 0.2) is 0 Å². The van der Waals surface area contributed by atoms with E-state index in [1.54, 1.807) is 30.3 Å². The van der Waals surface area contributed by atoms with Gasteiger partial charge in [0.25, 0.3) is 11.8 Å². The Bertz CT molecular complexity index is 723. The van der Waals surface area contributed by atoms with E-state index in [9.17, 15) is 9.59 Å². The fourth-order valence-corrected chi connectivity index (χ4v) is 3.92. The van der Waals surface area contributed by atoms with Crippen LogP contribution < -0.4 is 5.32 Å². The zero-order valence-electron chi connectivity index (χ0n) is 12.5. The molecule has 1 aliphatic rings. The van der Waals surface area contributed by atoms with Crippen LogP contribution in [0, 0.1) is 0 Å². The molecule has 0 bridgehead atoms. The topological polar surface area (TPSA) is 49.4 Å². The highest BCUT2D eigenvalue weighted by Gasteiger charge is 2.18. The molecule has 23 heavy (non-hydrogen) atoms. The van der Waals surface area contributed by atoms with Crippen LogP contribution in [0.2, 0.25) is 0 Å². The van der Waals surface area contributed by atoms with Crippen molar-refractivity contribution in [2.24, 2.45) is 0 Å². The fourth-order valence-electron chi connectivity index (χ4n) is 2.64. The van der Waals surface area contributed by atoms with Crippen molar-refractivity contribution in [3.63, 3.8) is 0 Å². The second kappa shape index (κ2) is 7.27. The van der Waals surface area contributed by atoms with Gasteiger partial charge in [-0.15, -0.1) is 11.3 Å². The molecule has 2 aromatic rings. The predicted octanol–water partition coefficient (Wildman–Crippen LogP) is 4.39. The number of hydrogen-bond donors (Lipinski definition) is 1. The summed E-state index contributed by atoms with van der Waals surface area (Å²) in [4.78, 5) is 27.2. The molecule has 0 unspecified atom stereocenters. The summed E-state index contributed by atoms with van der Waals surface area (Å²) in [5.74, 6) is -0.122. The van der Waals surface area contributed by atoms with Gasteiger partial charge in [0, 0.05) is 24.3 Å². The van der Waals surface area contributed by atoms with Crippen molar-refractivity contribution in [2.45, 2.75) is 19.3 Å². The minimum atomic E-state index is -0.164. The number of amides is 2. The number of hydrogen-bond acceptors (Lipinski definition) is 3. The minimum Gasteiger partial charge on any atom is -0.339 e. The Morgan fingerprint density at radius 3 is 2.57 bits per heavy atom. The molecule has 4 nitrogen and oxygen atoms in total. The van der Waals surface area contributed by atoms with Crippen molar-refractivity contribution in [3.05, 3.63) is 50.6 Å². The number of piperidine rings is 1. The summed E-state index contributed by atoms with van der Waals surface area (Å²) in [6.07, 6.45) is 3.32. The molecule has 1 aromatic carbocycles. The van der Waals surface area contributed by atoms with Gasteiger partial charge in [-0.05, 0) is 65.5 Å². The van der Waals surface area contributed by atoms with Gasteiger partial charge in [0.1, 0.15) is 0 Å². The Morgan fingerprint density at radius 2 is 1.87 bits per heavy atom. The Labute approximate surface area is 147 Å². The lowest BCUT2D eigenvalue weighted by Crippen LogP contribution is -2.35. The number of benzene rings is 1. The van der Waals surface area contributed by atoms with E-state index in [0.29, 0.717) is 16.1 Å². The highest BCUT2D eigenvalue weighted by molar-refractivity contribution is 9.11. The number of carbonyl (C=O) groups is 2. The van der Waals surface area contributed by atoms with Crippen molar-refractivity contribution in [3.8, 4) is 0 Å². The average molecular weight is 393 g/mol. The quantitative estimate of drug-likeness (QED) is 0.841. The highest BCUT2D eigenvalue weighted by Crippen LogP contribution is 2.23. The number of rotatable bonds is 3. The normalized spacial score (nSPS) is 14.6. The summed E-state index contributed by atoms with van der Waals surface area (Å²) in [6.45, 7) is 1.64. The molecule has 2 amide bonds. The second-order valence-electron chi connectivity index (χ2n) is 5.49. The number of nitrogens with one attached hydrogen (secondary N) is 1. The van der Waals surface area contributed by atoms with Crippen molar-refractivity contribution in [2.75, 3.05) is 18.4 Å². The van der Waals surface area contributed by atoms with E-state index in [4.69, 9.17) is 0 Å². The molecule has 1 saturated heterocycles. The Hall–Kier alpha value is -1.66. The predicted molar refractivity (Wildman–Crippen MR) is 96.2 cm³/mol. The first-order valence-corrected chi connectivity index (χ1v) is 9.20. The lowest BCUT2D eigenvalue weighted by Gasteiger charge is -2.26. The summed E-state index contributed by atoms with van der Waals surface area (Å²) in [7, 11) is 0. The van der Waals surface area contributed by atoms with Gasteiger partial charge in [-0.1, -0.05) is 6.07 Å². The first-order chi connectivity index (χ1) is 11.1. The summed E-state index contributed by atoms with van der Waals surface area (Å²) in [6, 6.07) is 10.8. The largest absolute Gasteiger partial charge is 0.339 e. The van der Waals surface area contributed by atoms with Gasteiger partial charge in [0.2, 0.25) is 0 Å². The molecule has 0 spiro atoms.